The minimum absolute atomic E-state index is 0.0287. The molecule has 1 aromatic carbocycles. The smallest absolute Gasteiger partial charge is 0.338 e. The van der Waals surface area contributed by atoms with Crippen molar-refractivity contribution in [3.8, 4) is 0 Å². The van der Waals surface area contributed by atoms with E-state index >= 15 is 0 Å². The van der Waals surface area contributed by atoms with Gasteiger partial charge < -0.3 is 14.8 Å². The number of nitro groups is 1. The van der Waals surface area contributed by atoms with Crippen LogP contribution in [0.25, 0.3) is 0 Å². The lowest BCUT2D eigenvalue weighted by molar-refractivity contribution is -0.384. The molecule has 104 valence electrons. The second-order valence-electron chi connectivity index (χ2n) is 4.13. The summed E-state index contributed by atoms with van der Waals surface area (Å²) in [6, 6.07) is 7.38. The normalized spacial score (nSPS) is 10.2. The Morgan fingerprint density at radius 3 is 2.70 bits per heavy atom. The van der Waals surface area contributed by atoms with Gasteiger partial charge in [-0.25, -0.2) is 4.79 Å². The number of carbonyl (C=O) groups is 1. The Bertz CT molecular complexity index is 630. The monoisotopic (exact) mass is 276 g/mol. The number of furan rings is 1. The number of anilines is 1. The number of aromatic carboxylic acids is 1. The number of benzene rings is 1. The fourth-order valence-electron chi connectivity index (χ4n) is 1.81. The Hall–Kier alpha value is -2.83. The molecule has 0 aliphatic carbocycles. The lowest BCUT2D eigenvalue weighted by atomic mass is 10.1. The van der Waals surface area contributed by atoms with Crippen molar-refractivity contribution in [2.24, 2.45) is 0 Å². The number of aryl methyl sites for hydroxylation is 1. The molecular weight excluding hydrogens is 264 g/mol. The summed E-state index contributed by atoms with van der Waals surface area (Å²) in [4.78, 5) is 21.5. The molecule has 0 fully saturated rings. The third kappa shape index (κ3) is 2.77. The van der Waals surface area contributed by atoms with Crippen LogP contribution in [0.2, 0.25) is 0 Å². The third-order valence-corrected chi connectivity index (χ3v) is 2.70. The number of nitrogens with one attached hydrogen (secondary N) is 1. The van der Waals surface area contributed by atoms with Crippen LogP contribution in [0, 0.1) is 17.0 Å². The van der Waals surface area contributed by atoms with Gasteiger partial charge in [-0.1, -0.05) is 6.07 Å². The van der Waals surface area contributed by atoms with Crippen LogP contribution in [-0.4, -0.2) is 16.0 Å². The van der Waals surface area contributed by atoms with Gasteiger partial charge in [-0.15, -0.1) is 0 Å². The van der Waals surface area contributed by atoms with E-state index in [9.17, 15) is 14.9 Å². The topological polar surface area (TPSA) is 106 Å². The summed E-state index contributed by atoms with van der Waals surface area (Å²) < 4.78 is 5.33. The lowest BCUT2D eigenvalue weighted by Gasteiger charge is -2.08. The van der Waals surface area contributed by atoms with Crippen LogP contribution < -0.4 is 5.32 Å². The molecule has 2 N–H and O–H groups in total. The van der Waals surface area contributed by atoms with Gasteiger partial charge in [0.15, 0.2) is 0 Å². The van der Waals surface area contributed by atoms with Crippen molar-refractivity contribution in [1.29, 1.82) is 0 Å². The maximum Gasteiger partial charge on any atom is 0.338 e. The molecule has 7 heteroatoms. The molecule has 2 aromatic rings. The fraction of sp³-hybridized carbons (Fsp3) is 0.154. The third-order valence-electron chi connectivity index (χ3n) is 2.70. The minimum Gasteiger partial charge on any atom is -0.478 e. The first kappa shape index (κ1) is 13.6. The summed E-state index contributed by atoms with van der Waals surface area (Å²) in [5.41, 5.74) is -0.463. The van der Waals surface area contributed by atoms with E-state index in [-0.39, 0.29) is 23.5 Å². The molecule has 7 nitrogen and oxygen atoms in total. The molecule has 0 aliphatic rings. The van der Waals surface area contributed by atoms with Gasteiger partial charge in [-0.3, -0.25) is 10.1 Å². The van der Waals surface area contributed by atoms with Gasteiger partial charge in [0.25, 0.3) is 5.69 Å². The van der Waals surface area contributed by atoms with Gasteiger partial charge in [0.2, 0.25) is 0 Å². The molecule has 0 aliphatic heterocycles. The van der Waals surface area contributed by atoms with Crippen molar-refractivity contribution in [2.75, 3.05) is 5.32 Å². The molecule has 0 unspecified atom stereocenters. The van der Waals surface area contributed by atoms with E-state index < -0.39 is 10.9 Å². The predicted octanol–water partition coefficient (Wildman–Crippen LogP) is 2.81. The number of para-hydroxylation sites is 1. The Balaban J connectivity index is 2.32. The zero-order chi connectivity index (χ0) is 14.7. The maximum absolute atomic E-state index is 11.1. The fourth-order valence-corrected chi connectivity index (χ4v) is 1.81. The number of carboxylic acid groups (broad SMARTS) is 1. The quantitative estimate of drug-likeness (QED) is 0.642. The average molecular weight is 276 g/mol. The zero-order valence-electron chi connectivity index (χ0n) is 10.6. The van der Waals surface area contributed by atoms with Gasteiger partial charge in [0, 0.05) is 6.07 Å². The van der Waals surface area contributed by atoms with Crippen LogP contribution in [-0.2, 0) is 6.54 Å². The van der Waals surface area contributed by atoms with E-state index in [0.29, 0.717) is 11.5 Å². The zero-order valence-corrected chi connectivity index (χ0v) is 10.6. The van der Waals surface area contributed by atoms with Crippen LogP contribution in [0.4, 0.5) is 11.4 Å². The Morgan fingerprint density at radius 1 is 1.40 bits per heavy atom. The van der Waals surface area contributed by atoms with Gasteiger partial charge in [-0.05, 0) is 25.1 Å². The molecule has 2 rings (SSSR count). The molecule has 20 heavy (non-hydrogen) atoms. The van der Waals surface area contributed by atoms with E-state index in [2.05, 4.69) is 5.32 Å². The first-order chi connectivity index (χ1) is 9.49. The largest absolute Gasteiger partial charge is 0.478 e. The number of rotatable bonds is 5. The van der Waals surface area contributed by atoms with Gasteiger partial charge in [-0.2, -0.15) is 0 Å². The van der Waals surface area contributed by atoms with Gasteiger partial charge in [0.05, 0.1) is 17.0 Å². The molecule has 0 amide bonds. The van der Waals surface area contributed by atoms with E-state index in [1.54, 1.807) is 19.1 Å². The van der Waals surface area contributed by atoms with E-state index in [1.165, 1.54) is 18.2 Å². The number of hydrogen-bond acceptors (Lipinski definition) is 5. The number of carboxylic acids is 1. The highest BCUT2D eigenvalue weighted by Crippen LogP contribution is 2.29. The van der Waals surface area contributed by atoms with Crippen molar-refractivity contribution in [3.05, 3.63) is 57.5 Å². The summed E-state index contributed by atoms with van der Waals surface area (Å²) in [5.74, 6) is 0.0478. The number of nitrogens with zero attached hydrogens (tertiary/aromatic N) is 1. The van der Waals surface area contributed by atoms with Crippen LogP contribution in [0.15, 0.2) is 34.7 Å². The summed E-state index contributed by atoms with van der Waals surface area (Å²) >= 11 is 0. The van der Waals surface area contributed by atoms with E-state index in [1.807, 2.05) is 0 Å². The van der Waals surface area contributed by atoms with Crippen LogP contribution >= 0.6 is 0 Å². The van der Waals surface area contributed by atoms with Crippen molar-refractivity contribution < 1.29 is 19.2 Å². The number of nitro benzene ring substituents is 1. The molecular formula is C13H12N2O5. The van der Waals surface area contributed by atoms with E-state index in [4.69, 9.17) is 9.52 Å². The second-order valence-corrected chi connectivity index (χ2v) is 4.13. The maximum atomic E-state index is 11.1. The Kier molecular flexibility index (Phi) is 3.69. The molecule has 0 spiro atoms. The van der Waals surface area contributed by atoms with Crippen molar-refractivity contribution >= 4 is 17.3 Å². The lowest BCUT2D eigenvalue weighted by Crippen LogP contribution is -2.08. The highest BCUT2D eigenvalue weighted by molar-refractivity contribution is 5.96. The SMILES string of the molecule is Cc1ccc(CNc2c(C(=O)O)cccc2[N+](=O)[O-])o1. The van der Waals surface area contributed by atoms with Crippen molar-refractivity contribution in [3.63, 3.8) is 0 Å². The summed E-state index contributed by atoms with van der Waals surface area (Å²) in [6.45, 7) is 1.94. The summed E-state index contributed by atoms with van der Waals surface area (Å²) in [7, 11) is 0. The molecule has 0 bridgehead atoms. The molecule has 0 atom stereocenters. The highest BCUT2D eigenvalue weighted by Gasteiger charge is 2.21. The molecule has 1 heterocycles. The van der Waals surface area contributed by atoms with Gasteiger partial charge in [0.1, 0.15) is 17.2 Å². The van der Waals surface area contributed by atoms with Crippen LogP contribution in [0.3, 0.4) is 0 Å². The molecule has 1 aromatic heterocycles. The number of hydrogen-bond donors (Lipinski definition) is 2. The van der Waals surface area contributed by atoms with Crippen LogP contribution in [0.5, 0.6) is 0 Å². The van der Waals surface area contributed by atoms with E-state index in [0.717, 1.165) is 0 Å². The Morgan fingerprint density at radius 2 is 2.15 bits per heavy atom. The molecule has 0 radical (unpaired) electrons. The second kappa shape index (κ2) is 5.43. The van der Waals surface area contributed by atoms with Crippen molar-refractivity contribution in [1.82, 2.24) is 0 Å². The Labute approximate surface area is 114 Å². The first-order valence-corrected chi connectivity index (χ1v) is 5.79. The predicted molar refractivity (Wildman–Crippen MR) is 70.8 cm³/mol. The van der Waals surface area contributed by atoms with Crippen LogP contribution in [0.1, 0.15) is 21.9 Å². The van der Waals surface area contributed by atoms with Gasteiger partial charge >= 0.3 is 5.97 Å². The summed E-state index contributed by atoms with van der Waals surface area (Å²) in [6.07, 6.45) is 0. The molecule has 0 saturated carbocycles. The molecule has 0 saturated heterocycles. The first-order valence-electron chi connectivity index (χ1n) is 5.79. The summed E-state index contributed by atoms with van der Waals surface area (Å²) in [5, 5.41) is 22.8. The van der Waals surface area contributed by atoms with Crippen molar-refractivity contribution in [2.45, 2.75) is 13.5 Å². The minimum atomic E-state index is -1.23. The standard InChI is InChI=1S/C13H12N2O5/c1-8-5-6-9(20-8)7-14-12-10(13(16)17)3-2-4-11(12)15(18)19/h2-6,14H,7H2,1H3,(H,16,17). The average Bonchev–Trinajstić information content (AvgIpc) is 2.81. The highest BCUT2D eigenvalue weighted by atomic mass is 16.6.